The van der Waals surface area contributed by atoms with Crippen LogP contribution < -0.4 is 10.6 Å². The van der Waals surface area contributed by atoms with E-state index in [-0.39, 0.29) is 37.2 Å². The van der Waals surface area contributed by atoms with Crippen LogP contribution in [0.25, 0.3) is 0 Å². The van der Waals surface area contributed by atoms with E-state index >= 15 is 0 Å². The Labute approximate surface area is 186 Å². The number of nitrogens with zero attached hydrogens (tertiary/aromatic N) is 2. The molecule has 162 valence electrons. The van der Waals surface area contributed by atoms with Crippen molar-refractivity contribution in [3.8, 4) is 6.07 Å². The predicted octanol–water partition coefficient (Wildman–Crippen LogP) is 2.14. The van der Waals surface area contributed by atoms with Gasteiger partial charge >= 0.3 is 0 Å². The summed E-state index contributed by atoms with van der Waals surface area (Å²) >= 11 is 0. The molecule has 2 fully saturated rings. The monoisotopic (exact) mass is 428 g/mol. The number of carbonyl (C=O) groups is 3. The lowest BCUT2D eigenvalue weighted by atomic mass is 9.80. The molecule has 2 N–H and O–H groups in total. The average molecular weight is 428 g/mol. The molecular formula is C25H24N4O3. The van der Waals surface area contributed by atoms with Crippen molar-refractivity contribution in [1.82, 2.24) is 10.2 Å². The van der Waals surface area contributed by atoms with E-state index in [1.807, 2.05) is 54.6 Å². The van der Waals surface area contributed by atoms with Crippen molar-refractivity contribution in [2.45, 2.75) is 43.2 Å². The molecule has 7 nitrogen and oxygen atoms in total. The van der Waals surface area contributed by atoms with Crippen molar-refractivity contribution in [2.24, 2.45) is 5.92 Å². The number of fused-ring (bicyclic) bond motifs is 2. The number of benzene rings is 2. The Morgan fingerprint density at radius 2 is 1.88 bits per heavy atom. The molecule has 2 heterocycles. The largest absolute Gasteiger partial charge is 0.353 e. The molecule has 7 heteroatoms. The summed E-state index contributed by atoms with van der Waals surface area (Å²) in [6.45, 7) is 0.0922. The topological polar surface area (TPSA) is 102 Å². The molecule has 1 aliphatic carbocycles. The molecule has 2 aromatic carbocycles. The van der Waals surface area contributed by atoms with Gasteiger partial charge in [0.1, 0.15) is 12.0 Å². The molecule has 1 saturated heterocycles. The predicted molar refractivity (Wildman–Crippen MR) is 117 cm³/mol. The minimum Gasteiger partial charge on any atom is -0.353 e. The molecule has 3 aliphatic rings. The minimum atomic E-state index is -0.961. The second kappa shape index (κ2) is 7.79. The highest BCUT2D eigenvalue weighted by molar-refractivity contribution is 6.08. The third-order valence-electron chi connectivity index (χ3n) is 6.74. The van der Waals surface area contributed by atoms with Gasteiger partial charge in [-0.25, -0.2) is 0 Å². The molecule has 2 aliphatic heterocycles. The Hall–Kier alpha value is -3.66. The lowest BCUT2D eigenvalue weighted by Crippen LogP contribution is -2.48. The summed E-state index contributed by atoms with van der Waals surface area (Å²) in [6, 6.07) is 18.4. The van der Waals surface area contributed by atoms with Crippen molar-refractivity contribution in [1.29, 1.82) is 5.26 Å². The standard InChI is InChI=1S/C25H24N4O3/c26-14-18-13-25(20-8-4-5-9-21(20)28-24(25)32)15-29(18)23(31)19(22(30)27-17-10-11-17)12-16-6-2-1-3-7-16/h1-9,17-19H,10-13,15H2,(H,27,30)(H,28,32)/t18-,19-,25-/m0/s1. The summed E-state index contributed by atoms with van der Waals surface area (Å²) < 4.78 is 0. The highest BCUT2D eigenvalue weighted by Crippen LogP contribution is 2.46. The van der Waals surface area contributed by atoms with E-state index in [1.54, 1.807) is 0 Å². The fraction of sp³-hybridized carbons (Fsp3) is 0.360. The number of nitrogens with one attached hydrogen (secondary N) is 2. The van der Waals surface area contributed by atoms with Crippen LogP contribution in [0.1, 0.15) is 30.4 Å². The Morgan fingerprint density at radius 3 is 2.59 bits per heavy atom. The molecule has 5 rings (SSSR count). The van der Waals surface area contributed by atoms with Crippen LogP contribution >= 0.6 is 0 Å². The van der Waals surface area contributed by atoms with Crippen molar-refractivity contribution < 1.29 is 14.4 Å². The number of anilines is 1. The van der Waals surface area contributed by atoms with Gasteiger partial charge in [-0.1, -0.05) is 48.5 Å². The van der Waals surface area contributed by atoms with Gasteiger partial charge in [-0.05, 0) is 36.5 Å². The number of hydrogen-bond acceptors (Lipinski definition) is 4. The molecular weight excluding hydrogens is 404 g/mol. The van der Waals surface area contributed by atoms with Gasteiger partial charge in [0.05, 0.1) is 11.5 Å². The molecule has 1 saturated carbocycles. The van der Waals surface area contributed by atoms with Crippen LogP contribution in [0, 0.1) is 17.2 Å². The number of likely N-dealkylation sites (tertiary alicyclic amines) is 1. The number of para-hydroxylation sites is 1. The quantitative estimate of drug-likeness (QED) is 0.713. The van der Waals surface area contributed by atoms with E-state index < -0.39 is 23.3 Å². The molecule has 0 unspecified atom stereocenters. The van der Waals surface area contributed by atoms with Gasteiger partial charge < -0.3 is 15.5 Å². The molecule has 1 spiro atoms. The summed E-state index contributed by atoms with van der Waals surface area (Å²) in [4.78, 5) is 41.2. The highest BCUT2D eigenvalue weighted by atomic mass is 16.2. The summed E-state index contributed by atoms with van der Waals surface area (Å²) in [6.07, 6.45) is 2.31. The molecule has 0 aromatic heterocycles. The van der Waals surface area contributed by atoms with E-state index in [1.165, 1.54) is 4.90 Å². The van der Waals surface area contributed by atoms with E-state index in [0.29, 0.717) is 0 Å². The zero-order valence-corrected chi connectivity index (χ0v) is 17.6. The van der Waals surface area contributed by atoms with Crippen LogP contribution in [0.15, 0.2) is 54.6 Å². The van der Waals surface area contributed by atoms with Crippen LogP contribution in [0.4, 0.5) is 5.69 Å². The second-order valence-corrected chi connectivity index (χ2v) is 8.92. The summed E-state index contributed by atoms with van der Waals surface area (Å²) in [5.41, 5.74) is 1.44. The maximum absolute atomic E-state index is 13.7. The molecule has 3 atom stereocenters. The number of nitriles is 1. The van der Waals surface area contributed by atoms with Gasteiger partial charge in [-0.3, -0.25) is 14.4 Å². The molecule has 2 aromatic rings. The third-order valence-corrected chi connectivity index (χ3v) is 6.74. The first-order valence-electron chi connectivity index (χ1n) is 11.0. The maximum Gasteiger partial charge on any atom is 0.237 e. The van der Waals surface area contributed by atoms with Crippen molar-refractivity contribution in [3.05, 3.63) is 65.7 Å². The van der Waals surface area contributed by atoms with E-state index in [9.17, 15) is 19.6 Å². The van der Waals surface area contributed by atoms with Crippen molar-refractivity contribution in [2.75, 3.05) is 11.9 Å². The van der Waals surface area contributed by atoms with Gasteiger partial charge in [0.15, 0.2) is 0 Å². The van der Waals surface area contributed by atoms with E-state index in [2.05, 4.69) is 16.7 Å². The zero-order chi connectivity index (χ0) is 22.3. The molecule has 32 heavy (non-hydrogen) atoms. The van der Waals surface area contributed by atoms with Gasteiger partial charge in [-0.15, -0.1) is 0 Å². The number of carbonyl (C=O) groups excluding carboxylic acids is 3. The SMILES string of the molecule is N#C[C@@H]1C[C@@]2(CN1C(=O)[C@@H](Cc1ccccc1)C(=O)NC1CC1)C(=O)Nc1ccccc12. The van der Waals surface area contributed by atoms with Gasteiger partial charge in [0, 0.05) is 24.7 Å². The van der Waals surface area contributed by atoms with E-state index in [0.717, 1.165) is 29.7 Å². The Morgan fingerprint density at radius 1 is 1.16 bits per heavy atom. The van der Waals surface area contributed by atoms with Crippen LogP contribution in [0.2, 0.25) is 0 Å². The van der Waals surface area contributed by atoms with E-state index in [4.69, 9.17) is 0 Å². The minimum absolute atomic E-state index is 0.0922. The first kappa shape index (κ1) is 20.3. The van der Waals surface area contributed by atoms with Crippen LogP contribution in [-0.4, -0.2) is 41.2 Å². The highest BCUT2D eigenvalue weighted by Gasteiger charge is 2.56. The smallest absolute Gasteiger partial charge is 0.237 e. The number of hydrogen-bond donors (Lipinski definition) is 2. The second-order valence-electron chi connectivity index (χ2n) is 8.92. The normalized spacial score (nSPS) is 24.5. The Balaban J connectivity index is 1.45. The van der Waals surface area contributed by atoms with Crippen LogP contribution in [-0.2, 0) is 26.2 Å². The number of rotatable bonds is 5. The summed E-state index contributed by atoms with van der Waals surface area (Å²) in [5.74, 6) is -1.84. The first-order valence-corrected chi connectivity index (χ1v) is 11.0. The lowest BCUT2D eigenvalue weighted by Gasteiger charge is -2.26. The fourth-order valence-corrected chi connectivity index (χ4v) is 4.86. The Bertz CT molecular complexity index is 1120. The molecule has 0 bridgehead atoms. The van der Waals surface area contributed by atoms with Crippen molar-refractivity contribution >= 4 is 23.4 Å². The van der Waals surface area contributed by atoms with Gasteiger partial charge in [0.25, 0.3) is 0 Å². The molecule has 0 radical (unpaired) electrons. The molecule has 3 amide bonds. The van der Waals surface area contributed by atoms with Crippen LogP contribution in [0.3, 0.4) is 0 Å². The van der Waals surface area contributed by atoms with Gasteiger partial charge in [0.2, 0.25) is 17.7 Å². The number of amides is 3. The average Bonchev–Trinajstić information content (AvgIpc) is 3.47. The van der Waals surface area contributed by atoms with Gasteiger partial charge in [-0.2, -0.15) is 5.26 Å². The maximum atomic E-state index is 13.7. The van der Waals surface area contributed by atoms with Crippen molar-refractivity contribution in [3.63, 3.8) is 0 Å². The zero-order valence-electron chi connectivity index (χ0n) is 17.6. The first-order chi connectivity index (χ1) is 15.5. The van der Waals surface area contributed by atoms with Crippen LogP contribution in [0.5, 0.6) is 0 Å². The lowest BCUT2D eigenvalue weighted by molar-refractivity contribution is -0.142. The summed E-state index contributed by atoms with van der Waals surface area (Å²) in [5, 5.41) is 15.7. The summed E-state index contributed by atoms with van der Waals surface area (Å²) in [7, 11) is 0. The Kier molecular flexibility index (Phi) is 4.93. The third kappa shape index (κ3) is 3.42. The fourth-order valence-electron chi connectivity index (χ4n) is 4.86.